The van der Waals surface area contributed by atoms with Crippen molar-refractivity contribution in [3.63, 3.8) is 0 Å². The summed E-state index contributed by atoms with van der Waals surface area (Å²) in [7, 11) is 1.15. The maximum Gasteiger partial charge on any atom is 0.241 e. The number of carbonyl (C=O) groups excluding carboxylic acids is 1. The first-order valence-corrected chi connectivity index (χ1v) is 10.5. The number of anilines is 1. The molecule has 8 nitrogen and oxygen atoms in total. The molecule has 0 bridgehead atoms. The maximum absolute atomic E-state index is 12.6. The van der Waals surface area contributed by atoms with Crippen LogP contribution in [0, 0.1) is 6.92 Å². The van der Waals surface area contributed by atoms with E-state index in [2.05, 4.69) is 5.32 Å². The molecule has 2 aromatic rings. The molecule has 158 valence electrons. The minimum atomic E-state index is -3.84. The zero-order valence-corrected chi connectivity index (χ0v) is 18.0. The number of nitrogens with zero attached hydrogens (tertiary/aromatic N) is 1. The smallest absolute Gasteiger partial charge is 0.241 e. The second-order valence-electron chi connectivity index (χ2n) is 6.79. The summed E-state index contributed by atoms with van der Waals surface area (Å²) in [5, 5.41) is 7.87. The molecule has 0 saturated heterocycles. The van der Waals surface area contributed by atoms with Gasteiger partial charge < -0.3 is 14.8 Å². The summed E-state index contributed by atoms with van der Waals surface area (Å²) < 4.78 is 33.6. The van der Waals surface area contributed by atoms with Gasteiger partial charge in [-0.15, -0.1) is 0 Å². The standard InChI is InChI=1S/C20H27N3O5S/c1-13-9-18(27-4)19(28-5)10-15(13)12-23(3)14(2)20(24)22-16-7-6-8-17(11-16)29(21,25)26/h6-11,14H,12H2,1-5H3,(H,22,24)(H2,21,25,26)/t14-/m0/s1. The third-order valence-corrected chi connectivity index (χ3v) is 5.64. The topological polar surface area (TPSA) is 111 Å². The number of primary sulfonamides is 1. The molecule has 0 aromatic heterocycles. The number of rotatable bonds is 8. The second-order valence-corrected chi connectivity index (χ2v) is 8.35. The summed E-state index contributed by atoms with van der Waals surface area (Å²) in [4.78, 5) is 14.5. The second kappa shape index (κ2) is 9.25. The number of ether oxygens (including phenoxy) is 2. The summed E-state index contributed by atoms with van der Waals surface area (Å²) in [6, 6.07) is 9.16. The van der Waals surface area contributed by atoms with Gasteiger partial charge in [-0.1, -0.05) is 6.07 Å². The number of likely N-dealkylation sites (N-methyl/N-ethyl adjacent to an activating group) is 1. The van der Waals surface area contributed by atoms with E-state index in [1.54, 1.807) is 27.2 Å². The van der Waals surface area contributed by atoms with E-state index in [4.69, 9.17) is 14.6 Å². The number of nitrogens with two attached hydrogens (primary N) is 1. The van der Waals surface area contributed by atoms with Crippen molar-refractivity contribution in [2.24, 2.45) is 5.14 Å². The van der Waals surface area contributed by atoms with E-state index in [1.165, 1.54) is 18.2 Å². The first kappa shape index (κ1) is 22.7. The van der Waals surface area contributed by atoms with E-state index < -0.39 is 16.1 Å². The molecule has 3 N–H and O–H groups in total. The van der Waals surface area contributed by atoms with Crippen molar-refractivity contribution in [2.75, 3.05) is 26.6 Å². The normalized spacial score (nSPS) is 12.5. The summed E-state index contributed by atoms with van der Waals surface area (Å²) in [5.74, 6) is 1.01. The molecule has 0 saturated carbocycles. The first-order chi connectivity index (χ1) is 13.6. The lowest BCUT2D eigenvalue weighted by molar-refractivity contribution is -0.120. The molecular formula is C20H27N3O5S. The lowest BCUT2D eigenvalue weighted by Gasteiger charge is -2.25. The Bertz CT molecular complexity index is 992. The lowest BCUT2D eigenvalue weighted by atomic mass is 10.1. The van der Waals surface area contributed by atoms with Crippen molar-refractivity contribution < 1.29 is 22.7 Å². The van der Waals surface area contributed by atoms with Gasteiger partial charge in [0.25, 0.3) is 0 Å². The molecule has 0 heterocycles. The average Bonchev–Trinajstić information content (AvgIpc) is 2.67. The molecule has 9 heteroatoms. The number of carbonyl (C=O) groups is 1. The highest BCUT2D eigenvalue weighted by Crippen LogP contribution is 2.31. The van der Waals surface area contributed by atoms with E-state index >= 15 is 0 Å². The van der Waals surface area contributed by atoms with Gasteiger partial charge >= 0.3 is 0 Å². The highest BCUT2D eigenvalue weighted by Gasteiger charge is 2.20. The molecule has 0 aliphatic heterocycles. The number of amides is 1. The first-order valence-electron chi connectivity index (χ1n) is 8.92. The highest BCUT2D eigenvalue weighted by molar-refractivity contribution is 7.89. The van der Waals surface area contributed by atoms with Crippen LogP contribution in [0.4, 0.5) is 5.69 Å². The van der Waals surface area contributed by atoms with Crippen LogP contribution in [0.25, 0.3) is 0 Å². The van der Waals surface area contributed by atoms with E-state index in [1.807, 2.05) is 31.0 Å². The minimum Gasteiger partial charge on any atom is -0.493 e. The van der Waals surface area contributed by atoms with Crippen molar-refractivity contribution >= 4 is 21.6 Å². The number of nitrogens with one attached hydrogen (secondary N) is 1. The molecule has 1 atom stereocenters. The van der Waals surface area contributed by atoms with Crippen LogP contribution in [0.2, 0.25) is 0 Å². The highest BCUT2D eigenvalue weighted by atomic mass is 32.2. The molecule has 0 aliphatic rings. The predicted octanol–water partition coefficient (Wildman–Crippen LogP) is 2.12. The Kier molecular flexibility index (Phi) is 7.23. The molecule has 0 radical (unpaired) electrons. The third-order valence-electron chi connectivity index (χ3n) is 4.73. The number of methoxy groups -OCH3 is 2. The summed E-state index contributed by atoms with van der Waals surface area (Å²) >= 11 is 0. The Morgan fingerprint density at radius 1 is 1.17 bits per heavy atom. The zero-order chi connectivity index (χ0) is 21.8. The van der Waals surface area contributed by atoms with E-state index in [9.17, 15) is 13.2 Å². The van der Waals surface area contributed by atoms with Crippen LogP contribution in [0.15, 0.2) is 41.3 Å². The van der Waals surface area contributed by atoms with Gasteiger partial charge in [-0.05, 0) is 62.4 Å². The van der Waals surface area contributed by atoms with Gasteiger partial charge in [-0.2, -0.15) is 0 Å². The van der Waals surface area contributed by atoms with Crippen LogP contribution in [0.1, 0.15) is 18.1 Å². The lowest BCUT2D eigenvalue weighted by Crippen LogP contribution is -2.39. The maximum atomic E-state index is 12.6. The van der Waals surface area contributed by atoms with Gasteiger partial charge in [0.2, 0.25) is 15.9 Å². The van der Waals surface area contributed by atoms with Crippen molar-refractivity contribution in [3.8, 4) is 11.5 Å². The Balaban J connectivity index is 2.12. The molecule has 29 heavy (non-hydrogen) atoms. The van der Waals surface area contributed by atoms with Crippen LogP contribution >= 0.6 is 0 Å². The predicted molar refractivity (Wildman–Crippen MR) is 112 cm³/mol. The van der Waals surface area contributed by atoms with E-state index in [0.717, 1.165) is 11.1 Å². The summed E-state index contributed by atoms with van der Waals surface area (Å²) in [6.07, 6.45) is 0. The van der Waals surface area contributed by atoms with Gasteiger partial charge in [0.15, 0.2) is 11.5 Å². The Hall–Kier alpha value is -2.62. The fourth-order valence-electron chi connectivity index (χ4n) is 2.80. The van der Waals surface area contributed by atoms with Gasteiger partial charge in [-0.3, -0.25) is 9.69 Å². The third kappa shape index (κ3) is 5.69. The Morgan fingerprint density at radius 3 is 2.38 bits per heavy atom. The molecule has 0 spiro atoms. The molecule has 0 fully saturated rings. The van der Waals surface area contributed by atoms with Crippen molar-refractivity contribution in [1.29, 1.82) is 0 Å². The molecule has 0 aliphatic carbocycles. The van der Waals surface area contributed by atoms with Crippen LogP contribution in [-0.4, -0.2) is 46.5 Å². The van der Waals surface area contributed by atoms with Crippen molar-refractivity contribution in [3.05, 3.63) is 47.5 Å². The van der Waals surface area contributed by atoms with Crippen molar-refractivity contribution in [2.45, 2.75) is 31.3 Å². The molecular weight excluding hydrogens is 394 g/mol. The number of sulfonamides is 1. The van der Waals surface area contributed by atoms with Gasteiger partial charge in [0.1, 0.15) is 0 Å². The molecule has 1 amide bonds. The molecule has 2 aromatic carbocycles. The van der Waals surface area contributed by atoms with Crippen LogP contribution in [0.5, 0.6) is 11.5 Å². The quantitative estimate of drug-likeness (QED) is 0.675. The van der Waals surface area contributed by atoms with Gasteiger partial charge in [0, 0.05) is 12.2 Å². The van der Waals surface area contributed by atoms with E-state index in [0.29, 0.717) is 23.7 Å². The summed E-state index contributed by atoms with van der Waals surface area (Å²) in [6.45, 7) is 4.25. The number of hydrogen-bond donors (Lipinski definition) is 2. The molecule has 0 unspecified atom stereocenters. The van der Waals surface area contributed by atoms with Gasteiger partial charge in [-0.25, -0.2) is 13.6 Å². The Morgan fingerprint density at radius 2 is 1.79 bits per heavy atom. The van der Waals surface area contributed by atoms with Crippen LogP contribution in [-0.2, 0) is 21.4 Å². The van der Waals surface area contributed by atoms with E-state index in [-0.39, 0.29) is 10.8 Å². The molecule has 2 rings (SSSR count). The fourth-order valence-corrected chi connectivity index (χ4v) is 3.36. The number of hydrogen-bond acceptors (Lipinski definition) is 6. The minimum absolute atomic E-state index is 0.0581. The van der Waals surface area contributed by atoms with Crippen LogP contribution < -0.4 is 19.9 Å². The SMILES string of the molecule is COc1cc(C)c(CN(C)[C@@H](C)C(=O)Nc2cccc(S(N)(=O)=O)c2)cc1OC. The van der Waals surface area contributed by atoms with Crippen molar-refractivity contribution in [1.82, 2.24) is 4.90 Å². The number of benzene rings is 2. The zero-order valence-electron chi connectivity index (χ0n) is 17.2. The monoisotopic (exact) mass is 421 g/mol. The summed E-state index contributed by atoms with van der Waals surface area (Å²) in [5.41, 5.74) is 2.38. The number of aryl methyl sites for hydroxylation is 1. The Labute approximate surface area is 171 Å². The van der Waals surface area contributed by atoms with Gasteiger partial charge in [0.05, 0.1) is 25.2 Å². The largest absolute Gasteiger partial charge is 0.493 e. The fraction of sp³-hybridized carbons (Fsp3) is 0.350. The van der Waals surface area contributed by atoms with Crippen LogP contribution in [0.3, 0.4) is 0 Å². The average molecular weight is 422 g/mol.